The van der Waals surface area contributed by atoms with Gasteiger partial charge in [-0.25, -0.2) is 4.98 Å². The van der Waals surface area contributed by atoms with Gasteiger partial charge >= 0.3 is 0 Å². The minimum absolute atomic E-state index is 0.132. The Labute approximate surface area is 206 Å². The van der Waals surface area contributed by atoms with Crippen molar-refractivity contribution < 1.29 is 9.59 Å². The van der Waals surface area contributed by atoms with Gasteiger partial charge in [-0.3, -0.25) is 9.59 Å². The van der Waals surface area contributed by atoms with Gasteiger partial charge < -0.3 is 27.0 Å². The normalized spacial score (nSPS) is 10.3. The number of nitrogens with one attached hydrogen (secondary N) is 4. The number of anilines is 2. The van der Waals surface area contributed by atoms with E-state index in [-0.39, 0.29) is 18.5 Å². The van der Waals surface area contributed by atoms with Gasteiger partial charge in [-0.2, -0.15) is 0 Å². The zero-order chi connectivity index (χ0) is 25.6. The van der Waals surface area contributed by atoms with Crippen LogP contribution in [0.1, 0.15) is 46.8 Å². The molecule has 6 N–H and O–H groups in total. The van der Waals surface area contributed by atoms with E-state index in [0.29, 0.717) is 22.6 Å². The molecule has 2 amide bonds. The Hall–Kier alpha value is -4.33. The SMILES string of the molecule is C/C=C\NC.C=CNC(=O)c1cccc(NCNC(=O)c2cc3ccccc3c(CCC)n2)c1N. The van der Waals surface area contributed by atoms with Gasteiger partial charge in [0.1, 0.15) is 5.69 Å². The van der Waals surface area contributed by atoms with Crippen molar-refractivity contribution in [3.63, 3.8) is 0 Å². The molecule has 0 bridgehead atoms. The highest BCUT2D eigenvalue weighted by Gasteiger charge is 2.13. The van der Waals surface area contributed by atoms with Crippen molar-refractivity contribution in [2.45, 2.75) is 26.7 Å². The predicted octanol–water partition coefficient (Wildman–Crippen LogP) is 4.18. The number of hydrogen-bond acceptors (Lipinski definition) is 6. The monoisotopic (exact) mass is 474 g/mol. The molecule has 0 aliphatic rings. The van der Waals surface area contributed by atoms with Gasteiger partial charge in [0.05, 0.1) is 23.6 Å². The smallest absolute Gasteiger partial charge is 0.271 e. The predicted molar refractivity (Wildman–Crippen MR) is 144 cm³/mol. The summed E-state index contributed by atoms with van der Waals surface area (Å²) in [4.78, 5) is 29.2. The van der Waals surface area contributed by atoms with Gasteiger partial charge in [-0.15, -0.1) is 0 Å². The highest BCUT2D eigenvalue weighted by Crippen LogP contribution is 2.23. The summed E-state index contributed by atoms with van der Waals surface area (Å²) in [7, 11) is 1.88. The average Bonchev–Trinajstić information content (AvgIpc) is 2.86. The van der Waals surface area contributed by atoms with Crippen LogP contribution in [0.4, 0.5) is 11.4 Å². The Morgan fingerprint density at radius 1 is 1.11 bits per heavy atom. The number of carbonyl (C=O) groups excluding carboxylic acids is 2. The number of aryl methyl sites for hydroxylation is 1. The maximum atomic E-state index is 12.7. The van der Waals surface area contributed by atoms with Gasteiger partial charge in [-0.05, 0) is 49.3 Å². The van der Waals surface area contributed by atoms with Crippen LogP contribution in [0, 0.1) is 0 Å². The summed E-state index contributed by atoms with van der Waals surface area (Å²) in [6.45, 7) is 7.66. The largest absolute Gasteiger partial charge is 0.396 e. The average molecular weight is 475 g/mol. The molecule has 1 heterocycles. The Kier molecular flexibility index (Phi) is 10.8. The summed E-state index contributed by atoms with van der Waals surface area (Å²) in [6.07, 6.45) is 6.86. The molecule has 184 valence electrons. The summed E-state index contributed by atoms with van der Waals surface area (Å²) < 4.78 is 0. The first-order chi connectivity index (χ1) is 17.0. The van der Waals surface area contributed by atoms with Crippen LogP contribution in [0.5, 0.6) is 0 Å². The van der Waals surface area contributed by atoms with E-state index < -0.39 is 0 Å². The first-order valence-corrected chi connectivity index (χ1v) is 11.5. The van der Waals surface area contributed by atoms with Crippen LogP contribution in [-0.2, 0) is 6.42 Å². The maximum Gasteiger partial charge on any atom is 0.271 e. The second-order valence-electron chi connectivity index (χ2n) is 7.52. The minimum Gasteiger partial charge on any atom is -0.396 e. The molecule has 0 aliphatic heterocycles. The number of nitrogen functional groups attached to an aromatic ring is 1. The van der Waals surface area contributed by atoms with Gasteiger partial charge in [0.15, 0.2) is 0 Å². The molecule has 0 radical (unpaired) electrons. The first kappa shape index (κ1) is 26.9. The summed E-state index contributed by atoms with van der Waals surface area (Å²) in [5.41, 5.74) is 8.52. The molecule has 0 spiro atoms. The minimum atomic E-state index is -0.348. The van der Waals surface area contributed by atoms with Crippen LogP contribution in [0.15, 0.2) is 73.6 Å². The van der Waals surface area contributed by atoms with Crippen LogP contribution >= 0.6 is 0 Å². The standard InChI is InChI=1S/C23H25N5O2.C4H9N/c1-3-8-18-16-10-6-5-9-15(16)13-20(28-18)23(30)27-14-26-19-12-7-11-17(21(19)24)22(29)25-4-2;1-3-4-5-2/h4-7,9-13,26H,2-3,8,14,24H2,1H3,(H,25,29)(H,27,30);3-5H,1-2H3/b;4-3-. The van der Waals surface area contributed by atoms with Crippen molar-refractivity contribution in [1.82, 2.24) is 20.9 Å². The fourth-order valence-corrected chi connectivity index (χ4v) is 3.38. The van der Waals surface area contributed by atoms with E-state index in [9.17, 15) is 9.59 Å². The van der Waals surface area contributed by atoms with Crippen LogP contribution in [0.2, 0.25) is 0 Å². The van der Waals surface area contributed by atoms with Crippen molar-refractivity contribution >= 4 is 34.0 Å². The number of nitrogens with zero attached hydrogens (tertiary/aromatic N) is 1. The van der Waals surface area contributed by atoms with Crippen LogP contribution in [0.3, 0.4) is 0 Å². The molecular weight excluding hydrogens is 440 g/mol. The molecule has 3 rings (SSSR count). The van der Waals surface area contributed by atoms with Crippen LogP contribution < -0.4 is 27.0 Å². The third-order valence-electron chi connectivity index (χ3n) is 4.98. The molecule has 3 aromatic rings. The number of benzene rings is 2. The Balaban J connectivity index is 0.000000784. The van der Waals surface area contributed by atoms with E-state index in [0.717, 1.165) is 29.3 Å². The number of fused-ring (bicyclic) bond motifs is 1. The van der Waals surface area contributed by atoms with E-state index >= 15 is 0 Å². The first-order valence-electron chi connectivity index (χ1n) is 11.5. The number of carbonyl (C=O) groups is 2. The number of amides is 2. The van der Waals surface area contributed by atoms with Gasteiger partial charge in [0.2, 0.25) is 0 Å². The van der Waals surface area contributed by atoms with Gasteiger partial charge in [0, 0.05) is 18.1 Å². The third kappa shape index (κ3) is 7.60. The molecule has 35 heavy (non-hydrogen) atoms. The van der Waals surface area contributed by atoms with Crippen molar-refractivity contribution in [1.29, 1.82) is 0 Å². The zero-order valence-corrected chi connectivity index (χ0v) is 20.5. The lowest BCUT2D eigenvalue weighted by molar-refractivity contribution is 0.0948. The van der Waals surface area contributed by atoms with Gasteiger partial charge in [-0.1, -0.05) is 56.3 Å². The highest BCUT2D eigenvalue weighted by atomic mass is 16.2. The quantitative estimate of drug-likeness (QED) is 0.234. The zero-order valence-electron chi connectivity index (χ0n) is 20.5. The molecule has 0 aliphatic carbocycles. The van der Waals surface area contributed by atoms with Crippen LogP contribution in [-0.4, -0.2) is 30.5 Å². The van der Waals surface area contributed by atoms with Crippen molar-refractivity contribution in [2.24, 2.45) is 0 Å². The lowest BCUT2D eigenvalue weighted by atomic mass is 10.1. The molecule has 0 fully saturated rings. The van der Waals surface area contributed by atoms with Crippen molar-refractivity contribution in [3.05, 3.63) is 90.5 Å². The lowest BCUT2D eigenvalue weighted by Gasteiger charge is -2.13. The van der Waals surface area contributed by atoms with Crippen molar-refractivity contribution in [3.8, 4) is 0 Å². The number of para-hydroxylation sites is 1. The lowest BCUT2D eigenvalue weighted by Crippen LogP contribution is -2.30. The van der Waals surface area contributed by atoms with E-state index in [4.69, 9.17) is 5.73 Å². The molecule has 1 aromatic heterocycles. The summed E-state index contributed by atoms with van der Waals surface area (Å²) in [6, 6.07) is 14.8. The molecule has 2 aromatic carbocycles. The number of allylic oxidation sites excluding steroid dienone is 1. The second kappa shape index (κ2) is 14.0. The van der Waals surface area contributed by atoms with Crippen LogP contribution in [0.25, 0.3) is 10.8 Å². The highest BCUT2D eigenvalue weighted by molar-refractivity contribution is 6.02. The summed E-state index contributed by atoms with van der Waals surface area (Å²) in [5.74, 6) is -0.635. The van der Waals surface area contributed by atoms with E-state index in [2.05, 4.69) is 39.8 Å². The number of aromatic nitrogens is 1. The number of hydrogen-bond donors (Lipinski definition) is 5. The fraction of sp³-hybridized carbons (Fsp3) is 0.222. The number of rotatable bonds is 9. The maximum absolute atomic E-state index is 12.7. The number of pyridine rings is 1. The molecule has 8 heteroatoms. The molecule has 0 atom stereocenters. The van der Waals surface area contributed by atoms with Crippen molar-refractivity contribution in [2.75, 3.05) is 24.8 Å². The Morgan fingerprint density at radius 3 is 2.54 bits per heavy atom. The molecule has 0 saturated heterocycles. The Bertz CT molecular complexity index is 1190. The molecular formula is C27H34N6O2. The molecule has 0 unspecified atom stereocenters. The molecule has 8 nitrogen and oxygen atoms in total. The van der Waals surface area contributed by atoms with E-state index in [1.54, 1.807) is 24.3 Å². The second-order valence-corrected chi connectivity index (χ2v) is 7.52. The van der Waals surface area contributed by atoms with E-state index in [1.807, 2.05) is 50.5 Å². The Morgan fingerprint density at radius 2 is 1.89 bits per heavy atom. The number of nitrogens with two attached hydrogens (primary N) is 1. The third-order valence-corrected chi connectivity index (χ3v) is 4.98. The molecule has 0 saturated carbocycles. The van der Waals surface area contributed by atoms with Gasteiger partial charge in [0.25, 0.3) is 11.8 Å². The van der Waals surface area contributed by atoms with E-state index in [1.165, 1.54) is 6.20 Å². The summed E-state index contributed by atoms with van der Waals surface area (Å²) >= 11 is 0. The fourth-order valence-electron chi connectivity index (χ4n) is 3.38. The topological polar surface area (TPSA) is 121 Å². The summed E-state index contributed by atoms with van der Waals surface area (Å²) in [5, 5.41) is 13.2.